The zero-order valence-electron chi connectivity index (χ0n) is 22.8. The molecule has 0 aliphatic carbocycles. The van der Waals surface area contributed by atoms with Crippen molar-refractivity contribution in [1.29, 1.82) is 0 Å². The average Bonchev–Trinajstić information content (AvgIpc) is 3.47. The van der Waals surface area contributed by atoms with Gasteiger partial charge in [-0.1, -0.05) is 0 Å². The molecule has 1 aliphatic heterocycles. The van der Waals surface area contributed by atoms with Crippen molar-refractivity contribution in [1.82, 2.24) is 14.5 Å². The fourth-order valence-corrected chi connectivity index (χ4v) is 5.72. The Morgan fingerprint density at radius 3 is 2.50 bits per heavy atom. The van der Waals surface area contributed by atoms with Gasteiger partial charge in [0, 0.05) is 12.7 Å². The van der Waals surface area contributed by atoms with Crippen molar-refractivity contribution in [2.45, 2.75) is 78.5 Å². The molecule has 4 rings (SSSR count). The standard InChI is InChI=1S/C27H30F3N3O6S/c1-14-18-21(34)33(27(5,6)23(35)39-26(2,3)4)25(36)32(22(18)40-19(14)20-31-10-12-37-20)11-9-15-13-16(28)7-8-17(15)38-24(29)30/h7-8,10,12-13,20,24,31H,9,11H2,1-6H3. The molecule has 216 valence electrons. The van der Waals surface area contributed by atoms with E-state index in [-0.39, 0.29) is 29.7 Å². The van der Waals surface area contributed by atoms with Crippen molar-refractivity contribution in [2.75, 3.05) is 0 Å². The van der Waals surface area contributed by atoms with Crippen molar-refractivity contribution in [3.05, 3.63) is 73.3 Å². The minimum atomic E-state index is -3.13. The second-order valence-corrected chi connectivity index (χ2v) is 11.8. The first-order valence-corrected chi connectivity index (χ1v) is 13.3. The Bertz CT molecular complexity index is 1590. The van der Waals surface area contributed by atoms with E-state index in [1.165, 1.54) is 24.7 Å². The maximum Gasteiger partial charge on any atom is 0.387 e. The van der Waals surface area contributed by atoms with Crippen LogP contribution in [0.1, 0.15) is 56.9 Å². The van der Waals surface area contributed by atoms with Crippen molar-refractivity contribution in [2.24, 2.45) is 0 Å². The first kappa shape index (κ1) is 29.2. The molecule has 1 atom stereocenters. The maximum atomic E-state index is 14.0. The Balaban J connectivity index is 1.91. The Hall–Kier alpha value is -3.74. The Morgan fingerprint density at radius 2 is 1.90 bits per heavy atom. The van der Waals surface area contributed by atoms with Gasteiger partial charge < -0.3 is 19.5 Å². The molecule has 0 bridgehead atoms. The van der Waals surface area contributed by atoms with Crippen molar-refractivity contribution < 1.29 is 32.2 Å². The summed E-state index contributed by atoms with van der Waals surface area (Å²) in [4.78, 5) is 42.0. The molecule has 1 aliphatic rings. The molecule has 1 N–H and O–H groups in total. The summed E-state index contributed by atoms with van der Waals surface area (Å²) in [5.41, 5.74) is -3.45. The minimum absolute atomic E-state index is 0.0914. The van der Waals surface area contributed by atoms with Crippen LogP contribution < -0.4 is 21.3 Å². The number of hydrogen-bond donors (Lipinski definition) is 1. The second kappa shape index (κ2) is 10.7. The third kappa shape index (κ3) is 5.60. The highest BCUT2D eigenvalue weighted by Gasteiger charge is 2.39. The van der Waals surface area contributed by atoms with Crippen LogP contribution >= 0.6 is 11.3 Å². The molecule has 0 spiro atoms. The highest BCUT2D eigenvalue weighted by atomic mass is 32.1. The van der Waals surface area contributed by atoms with Gasteiger partial charge in [-0.2, -0.15) is 8.78 Å². The number of esters is 1. The number of halogens is 3. The smallest absolute Gasteiger partial charge is 0.387 e. The fraction of sp³-hybridized carbons (Fsp3) is 0.444. The van der Waals surface area contributed by atoms with Gasteiger partial charge in [-0.05, 0) is 77.3 Å². The largest absolute Gasteiger partial charge is 0.472 e. The summed E-state index contributed by atoms with van der Waals surface area (Å²) in [6, 6.07) is 3.13. The molecular formula is C27H30F3N3O6S. The Morgan fingerprint density at radius 1 is 1.20 bits per heavy atom. The number of alkyl halides is 2. The summed E-state index contributed by atoms with van der Waals surface area (Å²) in [7, 11) is 0. The molecule has 0 amide bonds. The first-order valence-electron chi connectivity index (χ1n) is 12.4. The molecule has 9 nitrogen and oxygen atoms in total. The van der Waals surface area contributed by atoms with Gasteiger partial charge >= 0.3 is 18.3 Å². The number of ether oxygens (including phenoxy) is 3. The molecule has 40 heavy (non-hydrogen) atoms. The van der Waals surface area contributed by atoms with E-state index < -0.39 is 47.0 Å². The average molecular weight is 582 g/mol. The Kier molecular flexibility index (Phi) is 7.81. The highest BCUT2D eigenvalue weighted by molar-refractivity contribution is 7.19. The monoisotopic (exact) mass is 581 g/mol. The Labute approximate surface area is 231 Å². The molecule has 0 radical (unpaired) electrons. The van der Waals surface area contributed by atoms with Crippen LogP contribution in [-0.4, -0.2) is 27.3 Å². The van der Waals surface area contributed by atoms with E-state index in [9.17, 15) is 27.6 Å². The van der Waals surface area contributed by atoms with Gasteiger partial charge in [0.15, 0.2) is 0 Å². The number of nitrogens with zero attached hydrogens (tertiary/aromatic N) is 2. The molecule has 0 fully saturated rings. The predicted molar refractivity (Wildman–Crippen MR) is 143 cm³/mol. The number of fused-ring (bicyclic) bond motifs is 1. The zero-order chi connectivity index (χ0) is 29.6. The predicted octanol–water partition coefficient (Wildman–Crippen LogP) is 4.68. The molecule has 1 aromatic carbocycles. The van der Waals surface area contributed by atoms with Gasteiger partial charge in [0.05, 0.1) is 10.3 Å². The first-order chi connectivity index (χ1) is 18.6. The molecule has 0 saturated carbocycles. The summed E-state index contributed by atoms with van der Waals surface area (Å²) in [6.07, 6.45) is 2.37. The third-order valence-electron chi connectivity index (χ3n) is 6.32. The highest BCUT2D eigenvalue weighted by Crippen LogP contribution is 2.35. The molecule has 13 heteroatoms. The van der Waals surface area contributed by atoms with E-state index >= 15 is 0 Å². The van der Waals surface area contributed by atoms with Crippen molar-refractivity contribution >= 4 is 27.5 Å². The van der Waals surface area contributed by atoms with Crippen LogP contribution in [0.4, 0.5) is 13.2 Å². The van der Waals surface area contributed by atoms with E-state index in [4.69, 9.17) is 9.47 Å². The number of aryl methyl sites for hydroxylation is 3. The topological polar surface area (TPSA) is 101 Å². The van der Waals surface area contributed by atoms with E-state index in [0.717, 1.165) is 34.1 Å². The number of hydrogen-bond acceptors (Lipinski definition) is 8. The molecule has 1 unspecified atom stereocenters. The van der Waals surface area contributed by atoms with Crippen molar-refractivity contribution in [3.8, 4) is 5.75 Å². The van der Waals surface area contributed by atoms with E-state index in [2.05, 4.69) is 10.1 Å². The fourth-order valence-electron chi connectivity index (χ4n) is 4.41. The summed E-state index contributed by atoms with van der Waals surface area (Å²) < 4.78 is 57.7. The van der Waals surface area contributed by atoms with Crippen LogP contribution in [0.25, 0.3) is 10.2 Å². The zero-order valence-corrected chi connectivity index (χ0v) is 23.7. The van der Waals surface area contributed by atoms with Crippen molar-refractivity contribution in [3.63, 3.8) is 0 Å². The minimum Gasteiger partial charge on any atom is -0.472 e. The van der Waals surface area contributed by atoms with Gasteiger partial charge in [0.1, 0.15) is 33.8 Å². The number of nitrogens with one attached hydrogen (secondary N) is 1. The quantitative estimate of drug-likeness (QED) is 0.386. The molecule has 0 saturated heterocycles. The maximum absolute atomic E-state index is 14.0. The number of benzene rings is 1. The van der Waals surface area contributed by atoms with Crippen LogP contribution in [-0.2, 0) is 32.8 Å². The van der Waals surface area contributed by atoms with Gasteiger partial charge in [0.2, 0.25) is 6.23 Å². The van der Waals surface area contributed by atoms with Crippen LogP contribution in [0.5, 0.6) is 5.75 Å². The van der Waals surface area contributed by atoms with Crippen LogP contribution in [0.15, 0.2) is 40.3 Å². The number of aromatic nitrogens is 2. The van der Waals surface area contributed by atoms with E-state index in [0.29, 0.717) is 15.3 Å². The summed E-state index contributed by atoms with van der Waals surface area (Å²) in [5, 5.41) is 3.21. The summed E-state index contributed by atoms with van der Waals surface area (Å²) in [5.74, 6) is -1.70. The van der Waals surface area contributed by atoms with Gasteiger partial charge in [-0.3, -0.25) is 9.36 Å². The molecule has 2 aromatic heterocycles. The third-order valence-corrected chi connectivity index (χ3v) is 7.68. The lowest BCUT2D eigenvalue weighted by atomic mass is 10.0. The molecule has 3 heterocycles. The normalized spacial score (nSPS) is 15.4. The molecular weight excluding hydrogens is 551 g/mol. The summed E-state index contributed by atoms with van der Waals surface area (Å²) >= 11 is 1.15. The lowest BCUT2D eigenvalue weighted by Gasteiger charge is -2.30. The van der Waals surface area contributed by atoms with Crippen LogP contribution in [0, 0.1) is 12.7 Å². The second-order valence-electron chi connectivity index (χ2n) is 10.8. The van der Waals surface area contributed by atoms with Gasteiger partial charge in [0.25, 0.3) is 5.56 Å². The number of carbonyl (C=O) groups is 1. The van der Waals surface area contributed by atoms with E-state index in [1.54, 1.807) is 33.9 Å². The number of thiophene rings is 1. The summed E-state index contributed by atoms with van der Waals surface area (Å²) in [6.45, 7) is 6.26. The van der Waals surface area contributed by atoms with E-state index in [1.807, 2.05) is 0 Å². The van der Waals surface area contributed by atoms with Gasteiger partial charge in [-0.15, -0.1) is 11.3 Å². The SMILES string of the molecule is Cc1c(C2NC=CO2)sc2c1c(=O)n(C(C)(C)C(=O)OC(C)(C)C)c(=O)n2CCc1cc(F)ccc1OC(F)F. The lowest BCUT2D eigenvalue weighted by Crippen LogP contribution is -2.54. The number of carbonyl (C=O) groups excluding carboxylic acids is 1. The lowest BCUT2D eigenvalue weighted by molar-refractivity contribution is -0.164. The van der Waals surface area contributed by atoms with Gasteiger partial charge in [-0.25, -0.2) is 18.5 Å². The van der Waals surface area contributed by atoms with Crippen LogP contribution in [0.2, 0.25) is 0 Å². The molecule has 3 aromatic rings. The number of rotatable bonds is 8. The van der Waals surface area contributed by atoms with Crippen LogP contribution in [0.3, 0.4) is 0 Å².